The molecule has 0 fully saturated rings. The predicted octanol–water partition coefficient (Wildman–Crippen LogP) is 10.9. The van der Waals surface area contributed by atoms with Crippen LogP contribution in [0.15, 0.2) is 126 Å². The molecule has 4 nitrogen and oxygen atoms in total. The van der Waals surface area contributed by atoms with Crippen molar-refractivity contribution in [2.45, 2.75) is 0 Å². The van der Waals surface area contributed by atoms with Crippen LogP contribution in [0.1, 0.15) is 0 Å². The number of thiophene rings is 1. The van der Waals surface area contributed by atoms with Crippen molar-refractivity contribution in [1.29, 1.82) is 0 Å². The van der Waals surface area contributed by atoms with Gasteiger partial charge in [0.05, 0.1) is 5.02 Å². The van der Waals surface area contributed by atoms with Crippen LogP contribution >= 0.6 is 22.9 Å². The van der Waals surface area contributed by atoms with Gasteiger partial charge in [-0.3, -0.25) is 0 Å². The third-order valence-electron chi connectivity index (χ3n) is 7.99. The van der Waals surface area contributed by atoms with Crippen LogP contribution in [0, 0.1) is 0 Å². The Morgan fingerprint density at radius 1 is 0.512 bits per heavy atom. The van der Waals surface area contributed by atoms with Crippen molar-refractivity contribution in [2.24, 2.45) is 0 Å². The van der Waals surface area contributed by atoms with Crippen molar-refractivity contribution in [3.05, 3.63) is 126 Å². The average Bonchev–Trinajstić information content (AvgIpc) is 3.62. The first-order valence-electron chi connectivity index (χ1n) is 14.0. The Morgan fingerprint density at radius 3 is 2.07 bits per heavy atom. The van der Waals surface area contributed by atoms with E-state index in [1.807, 2.05) is 72.8 Å². The van der Waals surface area contributed by atoms with Gasteiger partial charge in [-0.05, 0) is 47.2 Å². The summed E-state index contributed by atoms with van der Waals surface area (Å²) in [5, 5.41) is 7.20. The number of furan rings is 1. The summed E-state index contributed by atoms with van der Waals surface area (Å²) < 4.78 is 8.52. The van der Waals surface area contributed by atoms with E-state index in [0.29, 0.717) is 22.5 Å². The number of aromatic nitrogens is 3. The van der Waals surface area contributed by atoms with Gasteiger partial charge in [-0.15, -0.1) is 11.3 Å². The zero-order chi connectivity index (χ0) is 28.5. The average molecular weight is 590 g/mol. The van der Waals surface area contributed by atoms with E-state index in [1.54, 1.807) is 11.3 Å². The first kappa shape index (κ1) is 24.5. The fourth-order valence-electron chi connectivity index (χ4n) is 5.98. The van der Waals surface area contributed by atoms with Crippen LogP contribution < -0.4 is 0 Å². The SMILES string of the molecule is Clc1c(-c2nc(-c3ccccc3)nc(-c3cccc4oc5ccccc5c34)n2)ccc2sc3cc4ccccc4cc3c12. The molecule has 6 aromatic carbocycles. The monoisotopic (exact) mass is 589 g/mol. The summed E-state index contributed by atoms with van der Waals surface area (Å²) in [7, 11) is 0. The third kappa shape index (κ3) is 3.86. The van der Waals surface area contributed by atoms with Gasteiger partial charge in [0.25, 0.3) is 0 Å². The van der Waals surface area contributed by atoms with Crippen molar-refractivity contribution in [1.82, 2.24) is 15.0 Å². The number of halogens is 1. The van der Waals surface area contributed by atoms with E-state index in [9.17, 15) is 0 Å². The zero-order valence-corrected chi connectivity index (χ0v) is 24.2. The first-order valence-corrected chi connectivity index (χ1v) is 15.2. The lowest BCUT2D eigenvalue weighted by molar-refractivity contribution is 0.669. The largest absolute Gasteiger partial charge is 0.456 e. The number of hydrogen-bond acceptors (Lipinski definition) is 5. The summed E-state index contributed by atoms with van der Waals surface area (Å²) in [4.78, 5) is 15.1. The van der Waals surface area contributed by atoms with Crippen molar-refractivity contribution < 1.29 is 4.42 Å². The van der Waals surface area contributed by atoms with E-state index >= 15 is 0 Å². The van der Waals surface area contributed by atoms with Crippen LogP contribution in [-0.2, 0) is 0 Å². The van der Waals surface area contributed by atoms with Crippen molar-refractivity contribution >= 4 is 75.8 Å². The minimum atomic E-state index is 0.528. The normalized spacial score (nSPS) is 11.8. The highest BCUT2D eigenvalue weighted by atomic mass is 35.5. The van der Waals surface area contributed by atoms with Crippen molar-refractivity contribution in [2.75, 3.05) is 0 Å². The highest BCUT2D eigenvalue weighted by Crippen LogP contribution is 2.44. The molecule has 3 heterocycles. The molecule has 0 N–H and O–H groups in total. The summed E-state index contributed by atoms with van der Waals surface area (Å²) in [6.07, 6.45) is 0. The maximum Gasteiger partial charge on any atom is 0.165 e. The molecular formula is C37H20ClN3OS. The Labute approximate surface area is 254 Å². The van der Waals surface area contributed by atoms with Gasteiger partial charge in [-0.25, -0.2) is 15.0 Å². The highest BCUT2D eigenvalue weighted by molar-refractivity contribution is 7.26. The molecule has 0 aliphatic heterocycles. The number of fused-ring (bicyclic) bond motifs is 7. The van der Waals surface area contributed by atoms with E-state index in [4.69, 9.17) is 31.0 Å². The van der Waals surface area contributed by atoms with E-state index in [0.717, 1.165) is 54.1 Å². The molecule has 0 aliphatic carbocycles. The molecule has 202 valence electrons. The van der Waals surface area contributed by atoms with E-state index < -0.39 is 0 Å². The van der Waals surface area contributed by atoms with E-state index in [-0.39, 0.29) is 0 Å². The number of benzene rings is 6. The molecule has 0 saturated carbocycles. The number of rotatable bonds is 3. The highest BCUT2D eigenvalue weighted by Gasteiger charge is 2.20. The summed E-state index contributed by atoms with van der Waals surface area (Å²) in [6, 6.07) is 41.1. The minimum absolute atomic E-state index is 0.528. The van der Waals surface area contributed by atoms with Crippen molar-refractivity contribution in [3.63, 3.8) is 0 Å². The number of nitrogens with zero attached hydrogens (tertiary/aromatic N) is 3. The molecular weight excluding hydrogens is 570 g/mol. The number of para-hydroxylation sites is 1. The zero-order valence-electron chi connectivity index (χ0n) is 22.6. The third-order valence-corrected chi connectivity index (χ3v) is 9.50. The fourth-order valence-corrected chi connectivity index (χ4v) is 7.53. The Morgan fingerprint density at radius 2 is 1.21 bits per heavy atom. The van der Waals surface area contributed by atoms with Gasteiger partial charge < -0.3 is 4.42 Å². The lowest BCUT2D eigenvalue weighted by Gasteiger charge is -2.11. The molecule has 43 heavy (non-hydrogen) atoms. The maximum absolute atomic E-state index is 7.29. The standard InChI is InChI=1S/C37H20ClN3OS/c38-34-26(17-18-30-33(34)27-19-22-11-4-5-12-23(22)20-31(27)43-30)37-40-35(21-9-2-1-3-10-21)39-36(41-37)25-14-8-16-29-32(25)24-13-6-7-15-28(24)42-29/h1-20H. The molecule has 0 amide bonds. The summed E-state index contributed by atoms with van der Waals surface area (Å²) in [6.45, 7) is 0. The van der Waals surface area contributed by atoms with Gasteiger partial charge in [-0.2, -0.15) is 0 Å². The lowest BCUT2D eigenvalue weighted by atomic mass is 10.0. The van der Waals surface area contributed by atoms with Crippen LogP contribution in [0.25, 0.3) is 87.0 Å². The topological polar surface area (TPSA) is 51.8 Å². The van der Waals surface area contributed by atoms with Gasteiger partial charge >= 0.3 is 0 Å². The van der Waals surface area contributed by atoms with Gasteiger partial charge in [0.2, 0.25) is 0 Å². The van der Waals surface area contributed by atoms with Gasteiger partial charge in [0.15, 0.2) is 17.5 Å². The molecule has 3 aromatic heterocycles. The molecule has 0 spiro atoms. The van der Waals surface area contributed by atoms with E-state index in [2.05, 4.69) is 48.5 Å². The lowest BCUT2D eigenvalue weighted by Crippen LogP contribution is -2.00. The smallest absolute Gasteiger partial charge is 0.165 e. The maximum atomic E-state index is 7.29. The molecule has 6 heteroatoms. The Balaban J connectivity index is 1.32. The predicted molar refractivity (Wildman–Crippen MR) is 179 cm³/mol. The Hall–Kier alpha value is -5.10. The Kier molecular flexibility index (Phi) is 5.39. The summed E-state index contributed by atoms with van der Waals surface area (Å²) in [5.74, 6) is 1.68. The van der Waals surface area contributed by atoms with Crippen LogP contribution in [0.3, 0.4) is 0 Å². The van der Waals surface area contributed by atoms with Gasteiger partial charge in [-0.1, -0.05) is 96.5 Å². The van der Waals surface area contributed by atoms with Crippen LogP contribution in [0.2, 0.25) is 5.02 Å². The molecule has 0 aliphatic rings. The van der Waals surface area contributed by atoms with Gasteiger partial charge in [0, 0.05) is 47.6 Å². The second-order valence-corrected chi connectivity index (χ2v) is 12.0. The number of hydrogen-bond donors (Lipinski definition) is 0. The molecule has 0 radical (unpaired) electrons. The van der Waals surface area contributed by atoms with Crippen LogP contribution in [-0.4, -0.2) is 15.0 Å². The molecule has 0 saturated heterocycles. The Bertz CT molecular complexity index is 2530. The van der Waals surface area contributed by atoms with Crippen LogP contribution in [0.4, 0.5) is 0 Å². The van der Waals surface area contributed by atoms with Crippen molar-refractivity contribution in [3.8, 4) is 34.2 Å². The summed E-state index contributed by atoms with van der Waals surface area (Å²) >= 11 is 9.04. The second kappa shape index (κ2) is 9.46. The van der Waals surface area contributed by atoms with Crippen LogP contribution in [0.5, 0.6) is 0 Å². The molecule has 0 atom stereocenters. The quantitative estimate of drug-likeness (QED) is 0.206. The summed E-state index contributed by atoms with van der Waals surface area (Å²) in [5.41, 5.74) is 4.17. The van der Waals surface area contributed by atoms with Gasteiger partial charge in [0.1, 0.15) is 11.2 Å². The second-order valence-electron chi connectivity index (χ2n) is 10.5. The fraction of sp³-hybridized carbons (Fsp3) is 0. The van der Waals surface area contributed by atoms with E-state index in [1.165, 1.54) is 15.5 Å². The first-order chi connectivity index (χ1) is 21.2. The molecule has 9 aromatic rings. The molecule has 0 bridgehead atoms. The molecule has 0 unspecified atom stereocenters. The molecule has 9 rings (SSSR count). The minimum Gasteiger partial charge on any atom is -0.456 e.